The maximum Gasteiger partial charge on any atom is 0.164 e. The highest BCUT2D eigenvalue weighted by atomic mass is 35.5. The van der Waals surface area contributed by atoms with Crippen LogP contribution in [-0.2, 0) is 0 Å². The summed E-state index contributed by atoms with van der Waals surface area (Å²) >= 11 is 6.01. The molecule has 0 saturated heterocycles. The summed E-state index contributed by atoms with van der Waals surface area (Å²) in [5.74, 6) is 0.872. The van der Waals surface area contributed by atoms with Gasteiger partial charge < -0.3 is 0 Å². The van der Waals surface area contributed by atoms with Gasteiger partial charge in [0.25, 0.3) is 0 Å². The predicted molar refractivity (Wildman–Crippen MR) is 89.3 cm³/mol. The molecule has 0 aliphatic rings. The summed E-state index contributed by atoms with van der Waals surface area (Å²) in [6.45, 7) is 0. The lowest BCUT2D eigenvalue weighted by atomic mass is 10.2. The second-order valence-corrected chi connectivity index (χ2v) is 5.40. The number of nitrogens with zero attached hydrogens (tertiary/aromatic N) is 3. The topological polar surface area (TPSA) is 30.7 Å². The van der Waals surface area contributed by atoms with Crippen molar-refractivity contribution in [1.29, 1.82) is 0 Å². The molecule has 0 radical (unpaired) electrons. The Kier molecular flexibility index (Phi) is 3.13. The molecule has 4 rings (SSSR count). The number of halogens is 1. The Morgan fingerprint density at radius 3 is 2.36 bits per heavy atom. The highest BCUT2D eigenvalue weighted by Crippen LogP contribution is 2.27. The van der Waals surface area contributed by atoms with E-state index in [0.717, 1.165) is 28.2 Å². The van der Waals surface area contributed by atoms with Crippen LogP contribution in [0.1, 0.15) is 0 Å². The monoisotopic (exact) mass is 305 g/mol. The van der Waals surface area contributed by atoms with Crippen molar-refractivity contribution in [3.8, 4) is 17.1 Å². The Hall–Kier alpha value is -2.65. The average Bonchev–Trinajstić information content (AvgIpc) is 2.96. The summed E-state index contributed by atoms with van der Waals surface area (Å²) in [5, 5.41) is 0.711. The molecule has 2 heterocycles. The van der Waals surface area contributed by atoms with Crippen LogP contribution in [0.15, 0.2) is 72.9 Å². The maximum atomic E-state index is 6.01. The Morgan fingerprint density at radius 2 is 1.59 bits per heavy atom. The molecule has 2 aromatic heterocycles. The summed E-state index contributed by atoms with van der Waals surface area (Å²) in [6, 6.07) is 21.7. The van der Waals surface area contributed by atoms with Crippen molar-refractivity contribution in [3.63, 3.8) is 0 Å². The van der Waals surface area contributed by atoms with Crippen molar-refractivity contribution in [2.24, 2.45) is 0 Å². The molecule has 106 valence electrons. The van der Waals surface area contributed by atoms with Crippen molar-refractivity contribution >= 4 is 22.8 Å². The zero-order valence-corrected chi connectivity index (χ0v) is 12.4. The van der Waals surface area contributed by atoms with Crippen molar-refractivity contribution in [2.45, 2.75) is 0 Å². The van der Waals surface area contributed by atoms with Gasteiger partial charge in [0.05, 0.1) is 0 Å². The van der Waals surface area contributed by atoms with Gasteiger partial charge in [-0.15, -0.1) is 0 Å². The zero-order valence-electron chi connectivity index (χ0n) is 11.6. The number of pyridine rings is 1. The number of hydrogen-bond acceptors (Lipinski definition) is 2. The average molecular weight is 306 g/mol. The van der Waals surface area contributed by atoms with Gasteiger partial charge in [-0.1, -0.05) is 41.9 Å². The summed E-state index contributed by atoms with van der Waals surface area (Å²) < 4.78 is 2.06. The molecule has 3 nitrogen and oxygen atoms in total. The number of imidazole rings is 1. The Bertz CT molecular complexity index is 928. The molecule has 0 unspecified atom stereocenters. The highest BCUT2D eigenvalue weighted by molar-refractivity contribution is 6.30. The second kappa shape index (κ2) is 5.28. The van der Waals surface area contributed by atoms with Gasteiger partial charge in [0, 0.05) is 22.5 Å². The molecule has 0 fully saturated rings. The van der Waals surface area contributed by atoms with Crippen LogP contribution < -0.4 is 0 Å². The largest absolute Gasteiger partial charge is 0.277 e. The van der Waals surface area contributed by atoms with E-state index in [9.17, 15) is 0 Å². The number of rotatable bonds is 2. The highest BCUT2D eigenvalue weighted by Gasteiger charge is 2.14. The molecule has 2 aromatic carbocycles. The molecule has 0 spiro atoms. The van der Waals surface area contributed by atoms with Crippen LogP contribution in [0.4, 0.5) is 0 Å². The first-order valence-electron chi connectivity index (χ1n) is 6.98. The van der Waals surface area contributed by atoms with Gasteiger partial charge in [0.2, 0.25) is 0 Å². The summed E-state index contributed by atoms with van der Waals surface area (Å²) in [4.78, 5) is 9.24. The SMILES string of the molecule is Clc1ccc(-n2c(-c3ccccc3)nc3cccnc32)cc1. The molecule has 0 amide bonds. The first-order valence-corrected chi connectivity index (χ1v) is 7.35. The maximum absolute atomic E-state index is 6.01. The van der Waals surface area contributed by atoms with Crippen molar-refractivity contribution in [3.05, 3.63) is 77.9 Å². The van der Waals surface area contributed by atoms with Crippen LogP contribution in [0.5, 0.6) is 0 Å². The zero-order chi connectivity index (χ0) is 14.9. The molecule has 0 bridgehead atoms. The Balaban J connectivity index is 2.04. The van der Waals surface area contributed by atoms with E-state index in [0.29, 0.717) is 5.02 Å². The summed E-state index contributed by atoms with van der Waals surface area (Å²) in [5.41, 5.74) is 3.75. The second-order valence-electron chi connectivity index (χ2n) is 4.96. The van der Waals surface area contributed by atoms with Crippen LogP contribution in [-0.4, -0.2) is 14.5 Å². The van der Waals surface area contributed by atoms with Crippen LogP contribution in [0.2, 0.25) is 5.02 Å². The van der Waals surface area contributed by atoms with Crippen molar-refractivity contribution in [2.75, 3.05) is 0 Å². The minimum Gasteiger partial charge on any atom is -0.277 e. The number of hydrogen-bond donors (Lipinski definition) is 0. The van der Waals surface area contributed by atoms with Crippen LogP contribution in [0.25, 0.3) is 28.2 Å². The smallest absolute Gasteiger partial charge is 0.164 e. The molecule has 22 heavy (non-hydrogen) atoms. The minimum absolute atomic E-state index is 0.711. The molecular weight excluding hydrogens is 294 g/mol. The van der Waals surface area contributed by atoms with Crippen molar-refractivity contribution in [1.82, 2.24) is 14.5 Å². The Labute approximate surface area is 132 Å². The number of fused-ring (bicyclic) bond motifs is 1. The van der Waals surface area contributed by atoms with Gasteiger partial charge in [-0.2, -0.15) is 0 Å². The van der Waals surface area contributed by atoms with Gasteiger partial charge in [-0.05, 0) is 36.4 Å². The normalized spacial score (nSPS) is 11.0. The predicted octanol–water partition coefficient (Wildman–Crippen LogP) is 4.74. The van der Waals surface area contributed by atoms with E-state index in [4.69, 9.17) is 16.6 Å². The quantitative estimate of drug-likeness (QED) is 0.535. The summed E-state index contributed by atoms with van der Waals surface area (Å²) in [7, 11) is 0. The van der Waals surface area contributed by atoms with Gasteiger partial charge in [0.15, 0.2) is 5.65 Å². The van der Waals surface area contributed by atoms with E-state index in [2.05, 4.69) is 9.55 Å². The third-order valence-corrected chi connectivity index (χ3v) is 3.78. The van der Waals surface area contributed by atoms with Crippen LogP contribution >= 0.6 is 11.6 Å². The van der Waals surface area contributed by atoms with E-state index < -0.39 is 0 Å². The fourth-order valence-electron chi connectivity index (χ4n) is 2.53. The third-order valence-electron chi connectivity index (χ3n) is 3.53. The molecule has 4 aromatic rings. The number of benzene rings is 2. The number of aromatic nitrogens is 3. The molecule has 0 saturated carbocycles. The Morgan fingerprint density at radius 1 is 0.818 bits per heavy atom. The first kappa shape index (κ1) is 13.0. The van der Waals surface area contributed by atoms with E-state index in [1.807, 2.05) is 66.7 Å². The standard InChI is InChI=1S/C18H12ClN3/c19-14-8-10-15(11-9-14)22-17(13-5-2-1-3-6-13)21-16-7-4-12-20-18(16)22/h1-12H. The van der Waals surface area contributed by atoms with E-state index in [1.54, 1.807) is 6.20 Å². The van der Waals surface area contributed by atoms with Crippen molar-refractivity contribution < 1.29 is 0 Å². The lowest BCUT2D eigenvalue weighted by Crippen LogP contribution is -1.98. The fraction of sp³-hybridized carbons (Fsp3) is 0. The molecule has 0 atom stereocenters. The molecular formula is C18H12ClN3. The lowest BCUT2D eigenvalue weighted by molar-refractivity contribution is 1.08. The van der Waals surface area contributed by atoms with Crippen LogP contribution in [0.3, 0.4) is 0 Å². The van der Waals surface area contributed by atoms with E-state index >= 15 is 0 Å². The molecule has 0 aliphatic heterocycles. The summed E-state index contributed by atoms with van der Waals surface area (Å²) in [6.07, 6.45) is 1.78. The molecule has 0 aliphatic carbocycles. The van der Waals surface area contributed by atoms with Gasteiger partial charge in [0.1, 0.15) is 11.3 Å². The first-order chi connectivity index (χ1) is 10.8. The molecule has 4 heteroatoms. The molecule has 0 N–H and O–H groups in total. The van der Waals surface area contributed by atoms with E-state index in [-0.39, 0.29) is 0 Å². The minimum atomic E-state index is 0.711. The lowest BCUT2D eigenvalue weighted by Gasteiger charge is -2.08. The van der Waals surface area contributed by atoms with Crippen LogP contribution in [0, 0.1) is 0 Å². The van der Waals surface area contributed by atoms with Gasteiger partial charge >= 0.3 is 0 Å². The third kappa shape index (κ3) is 2.16. The van der Waals surface area contributed by atoms with Gasteiger partial charge in [-0.3, -0.25) is 4.57 Å². The fourth-order valence-corrected chi connectivity index (χ4v) is 2.65. The van der Waals surface area contributed by atoms with Gasteiger partial charge in [-0.25, -0.2) is 9.97 Å². The van der Waals surface area contributed by atoms with E-state index in [1.165, 1.54) is 0 Å².